The number of likely N-dealkylation sites (tertiary alicyclic amines) is 2. The van der Waals surface area contributed by atoms with Gasteiger partial charge in [0.25, 0.3) is 0 Å². The van der Waals surface area contributed by atoms with Gasteiger partial charge in [-0.05, 0) is 60.8 Å². The van der Waals surface area contributed by atoms with Crippen LogP contribution >= 0.6 is 0 Å². The number of carbonyl (C=O) groups is 4. The second-order valence-corrected chi connectivity index (χ2v) is 14.4. The van der Waals surface area contributed by atoms with Gasteiger partial charge in [-0.15, -0.1) is 0 Å². The van der Waals surface area contributed by atoms with Gasteiger partial charge in [0, 0.05) is 25.9 Å². The minimum absolute atomic E-state index is 0.244. The molecule has 4 atom stereocenters. The first-order valence-electron chi connectivity index (χ1n) is 18.9. The molecule has 2 aromatic carbocycles. The Balaban J connectivity index is 1.10. The molecule has 0 aliphatic carbocycles. The van der Waals surface area contributed by atoms with Gasteiger partial charge >= 0.3 is 24.5 Å². The van der Waals surface area contributed by atoms with Crippen molar-refractivity contribution >= 4 is 24.0 Å². The lowest BCUT2D eigenvalue weighted by molar-refractivity contribution is -0.144. The first-order valence-corrected chi connectivity index (χ1v) is 18.9. The van der Waals surface area contributed by atoms with Crippen LogP contribution in [0.3, 0.4) is 0 Å². The van der Waals surface area contributed by atoms with Crippen LogP contribution in [0, 0.1) is 0 Å². The number of nitrogens with one attached hydrogen (secondary N) is 4. The largest absolute Gasteiger partial charge is 0.465 e. The molecule has 0 saturated carbocycles. The molecule has 4 unspecified atom stereocenters. The number of aromatic amines is 2. The molecule has 5 N–H and O–H groups in total. The van der Waals surface area contributed by atoms with Crippen molar-refractivity contribution in [2.75, 3.05) is 20.2 Å². The SMILES string of the molecule is COC(=O)NC(CCC(F)(F)F)C(=O)N1CCCC1c1ncc(-c2ccc(-c3ccc(-c4cnc(C5CCCN5C(=O)C(CCC(F)(F)F)NC(=O)O)[nH]4)cc3)cc2)[nH]1. The summed E-state index contributed by atoms with van der Waals surface area (Å²) in [5.41, 5.74) is 4.69. The Kier molecular flexibility index (Phi) is 12.8. The summed E-state index contributed by atoms with van der Waals surface area (Å²) < 4.78 is 82.3. The fraction of sp³-hybridized carbons (Fsp3) is 0.436. The number of imidazole rings is 2. The molecule has 0 bridgehead atoms. The number of alkyl halides is 6. The number of benzene rings is 2. The number of aromatic nitrogens is 4. The minimum atomic E-state index is -4.55. The quantitative estimate of drug-likeness (QED) is 0.0857. The van der Waals surface area contributed by atoms with Gasteiger partial charge in [-0.1, -0.05) is 48.5 Å². The molecule has 20 heteroatoms. The molecule has 2 fully saturated rings. The van der Waals surface area contributed by atoms with E-state index in [-0.39, 0.29) is 13.1 Å². The molecule has 14 nitrogen and oxygen atoms in total. The fourth-order valence-corrected chi connectivity index (χ4v) is 7.50. The van der Waals surface area contributed by atoms with E-state index in [1.54, 1.807) is 12.4 Å². The average Bonchev–Trinajstić information content (AvgIpc) is 4.04. The molecule has 2 saturated heterocycles. The zero-order valence-electron chi connectivity index (χ0n) is 31.7. The number of nitrogens with zero attached hydrogens (tertiary/aromatic N) is 4. The number of halogens is 6. The van der Waals surface area contributed by atoms with E-state index < -0.39 is 86.2 Å². The lowest BCUT2D eigenvalue weighted by atomic mass is 10.0. The second kappa shape index (κ2) is 17.8. The molecule has 4 aromatic rings. The Bertz CT molecular complexity index is 2100. The van der Waals surface area contributed by atoms with Crippen molar-refractivity contribution in [3.05, 3.63) is 72.6 Å². The van der Waals surface area contributed by atoms with Crippen molar-refractivity contribution in [2.45, 2.75) is 87.9 Å². The Morgan fingerprint density at radius 3 is 1.47 bits per heavy atom. The van der Waals surface area contributed by atoms with Crippen LogP contribution in [0.1, 0.15) is 75.1 Å². The first-order chi connectivity index (χ1) is 28.0. The van der Waals surface area contributed by atoms with Gasteiger partial charge < -0.3 is 40.2 Å². The maximum Gasteiger partial charge on any atom is 0.407 e. The lowest BCUT2D eigenvalue weighted by Crippen LogP contribution is -2.48. The summed E-state index contributed by atoms with van der Waals surface area (Å²) in [4.78, 5) is 68.0. The standard InChI is InChI=1S/C39H42F6N8O6/c1-59-37(58)51-27(15-17-39(43,44)45)35(55)53-19-3-5-31(53)33-47-21-29(49-33)25-12-8-23(9-13-25)22-6-10-24(11-7-22)28-20-46-32(48-28)30-4-2-18-52(30)34(54)26(50-36(56)57)14-16-38(40,41)42/h6-13,20-21,26-27,30-31,50H,2-5,14-19H2,1H3,(H,46,48)(H,47,49)(H,51,58)(H,56,57). The van der Waals surface area contributed by atoms with E-state index in [1.165, 1.54) is 9.80 Å². The molecule has 2 aliphatic rings. The van der Waals surface area contributed by atoms with E-state index in [4.69, 9.17) is 5.11 Å². The number of methoxy groups -OCH3 is 1. The van der Waals surface area contributed by atoms with Crippen molar-refractivity contribution in [1.82, 2.24) is 40.4 Å². The van der Waals surface area contributed by atoms with Crippen LogP contribution in [0.5, 0.6) is 0 Å². The summed E-state index contributed by atoms with van der Waals surface area (Å²) in [5, 5.41) is 13.3. The molecule has 2 aromatic heterocycles. The third-order valence-corrected chi connectivity index (χ3v) is 10.4. The van der Waals surface area contributed by atoms with E-state index in [2.05, 4.69) is 30.0 Å². The predicted molar refractivity (Wildman–Crippen MR) is 199 cm³/mol. The number of carbonyl (C=O) groups excluding carboxylic acids is 3. The molecule has 316 valence electrons. The van der Waals surface area contributed by atoms with Crippen LogP contribution in [-0.2, 0) is 14.3 Å². The zero-order chi connectivity index (χ0) is 42.5. The number of ether oxygens (including phenoxy) is 1. The summed E-state index contributed by atoms with van der Waals surface area (Å²) in [6, 6.07) is 11.1. The normalized spacial score (nSPS) is 18.1. The third kappa shape index (κ3) is 10.7. The van der Waals surface area contributed by atoms with E-state index in [0.717, 1.165) is 29.4 Å². The van der Waals surface area contributed by atoms with Gasteiger partial charge in [0.2, 0.25) is 11.8 Å². The Labute approximate surface area is 333 Å². The number of hydrogen-bond donors (Lipinski definition) is 5. The van der Waals surface area contributed by atoms with Gasteiger partial charge in [-0.25, -0.2) is 19.6 Å². The first kappa shape index (κ1) is 42.5. The number of amides is 4. The summed E-state index contributed by atoms with van der Waals surface area (Å²) >= 11 is 0. The number of carboxylic acid groups (broad SMARTS) is 1. The van der Waals surface area contributed by atoms with Crippen LogP contribution in [0.15, 0.2) is 60.9 Å². The third-order valence-electron chi connectivity index (χ3n) is 10.4. The van der Waals surface area contributed by atoms with Crippen LogP contribution in [0.25, 0.3) is 33.6 Å². The summed E-state index contributed by atoms with van der Waals surface area (Å²) in [6.07, 6.45) is -10.2. The summed E-state index contributed by atoms with van der Waals surface area (Å²) in [6.45, 7) is 0.527. The lowest BCUT2D eigenvalue weighted by Gasteiger charge is -2.28. The van der Waals surface area contributed by atoms with Crippen LogP contribution < -0.4 is 10.6 Å². The van der Waals surface area contributed by atoms with Gasteiger partial charge in [0.1, 0.15) is 23.7 Å². The average molecular weight is 833 g/mol. The van der Waals surface area contributed by atoms with Crippen LogP contribution in [0.2, 0.25) is 0 Å². The van der Waals surface area contributed by atoms with Crippen molar-refractivity contribution in [2.24, 2.45) is 0 Å². The predicted octanol–water partition coefficient (Wildman–Crippen LogP) is 7.51. The van der Waals surface area contributed by atoms with Crippen molar-refractivity contribution in [3.8, 4) is 33.6 Å². The number of hydrogen-bond acceptors (Lipinski definition) is 7. The summed E-state index contributed by atoms with van der Waals surface area (Å²) in [5.74, 6) is -0.488. The van der Waals surface area contributed by atoms with Crippen molar-refractivity contribution in [1.29, 1.82) is 0 Å². The smallest absolute Gasteiger partial charge is 0.407 e. The molecular formula is C39H42F6N8O6. The van der Waals surface area contributed by atoms with Gasteiger partial charge in [-0.2, -0.15) is 26.3 Å². The molecule has 59 heavy (non-hydrogen) atoms. The maximum atomic E-state index is 13.4. The van der Waals surface area contributed by atoms with Gasteiger partial charge in [0.15, 0.2) is 0 Å². The number of rotatable bonds is 13. The maximum absolute atomic E-state index is 13.4. The molecule has 2 aliphatic heterocycles. The molecule has 4 amide bonds. The molecular weight excluding hydrogens is 790 g/mol. The van der Waals surface area contributed by atoms with Crippen molar-refractivity contribution < 1.29 is 55.4 Å². The highest BCUT2D eigenvalue weighted by atomic mass is 19.4. The van der Waals surface area contributed by atoms with E-state index in [1.807, 2.05) is 53.8 Å². The van der Waals surface area contributed by atoms with E-state index in [0.29, 0.717) is 48.7 Å². The highest BCUT2D eigenvalue weighted by Crippen LogP contribution is 2.36. The van der Waals surface area contributed by atoms with Crippen LogP contribution in [0.4, 0.5) is 35.9 Å². The zero-order valence-corrected chi connectivity index (χ0v) is 31.7. The monoisotopic (exact) mass is 832 g/mol. The van der Waals surface area contributed by atoms with Gasteiger partial charge in [0.05, 0.1) is 43.0 Å². The Hall–Kier alpha value is -6.08. The fourth-order valence-electron chi connectivity index (χ4n) is 7.50. The number of alkyl carbamates (subject to hydrolysis) is 1. The minimum Gasteiger partial charge on any atom is -0.465 e. The molecule has 0 spiro atoms. The molecule has 4 heterocycles. The highest BCUT2D eigenvalue weighted by Gasteiger charge is 2.40. The van der Waals surface area contributed by atoms with Crippen LogP contribution in [-0.4, -0.2) is 103 Å². The number of H-pyrrole nitrogens is 2. The molecule has 0 radical (unpaired) electrons. The van der Waals surface area contributed by atoms with Gasteiger partial charge in [-0.3, -0.25) is 9.59 Å². The highest BCUT2D eigenvalue weighted by molar-refractivity contribution is 5.87. The van der Waals surface area contributed by atoms with Crippen molar-refractivity contribution in [3.63, 3.8) is 0 Å². The Morgan fingerprint density at radius 1 is 0.712 bits per heavy atom. The van der Waals surface area contributed by atoms with E-state index >= 15 is 0 Å². The molecule has 6 rings (SSSR count). The second-order valence-electron chi connectivity index (χ2n) is 14.4. The van der Waals surface area contributed by atoms with E-state index in [9.17, 15) is 45.5 Å². The summed E-state index contributed by atoms with van der Waals surface area (Å²) in [7, 11) is 1.06. The topological polar surface area (TPSA) is 186 Å². The Morgan fingerprint density at radius 2 is 1.10 bits per heavy atom.